The Bertz CT molecular complexity index is 588. The van der Waals surface area contributed by atoms with E-state index in [1.165, 1.54) is 4.31 Å². The predicted molar refractivity (Wildman–Crippen MR) is 79.0 cm³/mol. The smallest absolute Gasteiger partial charge is 0.322 e. The summed E-state index contributed by atoms with van der Waals surface area (Å²) in [5, 5.41) is 9.25. The number of carboxylic acids is 1. The van der Waals surface area contributed by atoms with Crippen LogP contribution in [-0.2, 0) is 21.4 Å². The van der Waals surface area contributed by atoms with Crippen molar-refractivity contribution in [2.24, 2.45) is 5.92 Å². The van der Waals surface area contributed by atoms with Gasteiger partial charge in [-0.05, 0) is 24.3 Å². The van der Waals surface area contributed by atoms with E-state index in [2.05, 4.69) is 4.72 Å². The number of carboxylic acid groups (broad SMARTS) is 1. The minimum Gasteiger partial charge on any atom is -0.480 e. The largest absolute Gasteiger partial charge is 0.480 e. The van der Waals surface area contributed by atoms with Crippen LogP contribution < -0.4 is 4.72 Å². The van der Waals surface area contributed by atoms with Crippen molar-refractivity contribution in [3.8, 4) is 0 Å². The molecule has 0 radical (unpaired) electrons. The van der Waals surface area contributed by atoms with Crippen LogP contribution in [-0.4, -0.2) is 42.9 Å². The highest BCUT2D eigenvalue weighted by molar-refractivity contribution is 7.87. The van der Waals surface area contributed by atoms with Gasteiger partial charge in [-0.15, -0.1) is 0 Å². The van der Waals surface area contributed by atoms with Gasteiger partial charge in [-0.1, -0.05) is 37.3 Å². The number of carbonyl (C=O) groups is 1. The van der Waals surface area contributed by atoms with Crippen molar-refractivity contribution in [2.75, 3.05) is 13.1 Å². The maximum absolute atomic E-state index is 12.2. The van der Waals surface area contributed by atoms with Crippen LogP contribution in [0.4, 0.5) is 0 Å². The van der Waals surface area contributed by atoms with Crippen LogP contribution in [0.25, 0.3) is 0 Å². The van der Waals surface area contributed by atoms with Crippen LogP contribution in [0.15, 0.2) is 30.3 Å². The molecule has 7 heteroatoms. The average molecular weight is 312 g/mol. The van der Waals surface area contributed by atoms with Crippen molar-refractivity contribution in [1.82, 2.24) is 9.03 Å². The van der Waals surface area contributed by atoms with E-state index >= 15 is 0 Å². The lowest BCUT2D eigenvalue weighted by molar-refractivity contribution is -0.138. The zero-order valence-electron chi connectivity index (χ0n) is 11.9. The Morgan fingerprint density at radius 3 is 2.62 bits per heavy atom. The second-order valence-electron chi connectivity index (χ2n) is 5.46. The maximum Gasteiger partial charge on any atom is 0.322 e. The first kappa shape index (κ1) is 15.9. The zero-order chi connectivity index (χ0) is 15.5. The molecule has 1 heterocycles. The fraction of sp³-hybridized carbons (Fsp3) is 0.500. The number of nitrogens with zero attached hydrogens (tertiary/aromatic N) is 1. The lowest BCUT2D eigenvalue weighted by Gasteiger charge is -2.20. The monoisotopic (exact) mass is 312 g/mol. The highest BCUT2D eigenvalue weighted by Crippen LogP contribution is 2.18. The van der Waals surface area contributed by atoms with E-state index in [0.29, 0.717) is 19.0 Å². The first-order valence-corrected chi connectivity index (χ1v) is 8.36. The first-order valence-electron chi connectivity index (χ1n) is 6.92. The fourth-order valence-corrected chi connectivity index (χ4v) is 3.89. The molecule has 0 aromatic heterocycles. The molecule has 0 saturated carbocycles. The summed E-state index contributed by atoms with van der Waals surface area (Å²) in [5.74, 6) is -0.867. The Hall–Kier alpha value is -1.44. The van der Waals surface area contributed by atoms with Gasteiger partial charge < -0.3 is 5.11 Å². The van der Waals surface area contributed by atoms with Gasteiger partial charge in [0.1, 0.15) is 6.04 Å². The number of hydrogen-bond acceptors (Lipinski definition) is 3. The molecule has 1 fully saturated rings. The molecule has 1 aliphatic rings. The van der Waals surface area contributed by atoms with E-state index in [0.717, 1.165) is 12.0 Å². The summed E-state index contributed by atoms with van der Waals surface area (Å²) >= 11 is 0. The number of hydrogen-bond donors (Lipinski definition) is 2. The lowest BCUT2D eigenvalue weighted by Crippen LogP contribution is -2.48. The molecule has 2 atom stereocenters. The van der Waals surface area contributed by atoms with Crippen LogP contribution in [0.3, 0.4) is 0 Å². The van der Waals surface area contributed by atoms with Gasteiger partial charge in [0.2, 0.25) is 0 Å². The third-order valence-corrected chi connectivity index (χ3v) is 5.19. The molecular weight excluding hydrogens is 292 g/mol. The molecule has 1 unspecified atom stereocenters. The van der Waals surface area contributed by atoms with E-state index < -0.39 is 22.2 Å². The molecule has 0 spiro atoms. The van der Waals surface area contributed by atoms with Crippen molar-refractivity contribution in [3.05, 3.63) is 35.9 Å². The van der Waals surface area contributed by atoms with Gasteiger partial charge in [-0.3, -0.25) is 4.79 Å². The van der Waals surface area contributed by atoms with E-state index in [9.17, 15) is 18.3 Å². The van der Waals surface area contributed by atoms with Crippen LogP contribution in [0.5, 0.6) is 0 Å². The summed E-state index contributed by atoms with van der Waals surface area (Å²) in [4.78, 5) is 11.3. The molecule has 1 aromatic carbocycles. The number of benzene rings is 1. The van der Waals surface area contributed by atoms with Crippen molar-refractivity contribution in [2.45, 2.75) is 25.8 Å². The SMILES string of the molecule is CC1CCN(S(=O)(=O)N[C@H](Cc2ccccc2)C(=O)O)C1. The topological polar surface area (TPSA) is 86.7 Å². The highest BCUT2D eigenvalue weighted by atomic mass is 32.2. The van der Waals surface area contributed by atoms with Gasteiger partial charge in [-0.25, -0.2) is 0 Å². The Kier molecular flexibility index (Phi) is 4.97. The van der Waals surface area contributed by atoms with Crippen LogP contribution in [0.1, 0.15) is 18.9 Å². The summed E-state index contributed by atoms with van der Waals surface area (Å²) in [6.45, 7) is 2.86. The second-order valence-corrected chi connectivity index (χ2v) is 7.16. The standard InChI is InChI=1S/C14H20N2O4S/c1-11-7-8-16(10-11)21(19,20)15-13(14(17)18)9-12-5-3-2-4-6-12/h2-6,11,13,15H,7-10H2,1H3,(H,17,18)/t11?,13-/m1/s1. The minimum atomic E-state index is -3.75. The predicted octanol–water partition coefficient (Wildman–Crippen LogP) is 0.858. The van der Waals surface area contributed by atoms with Crippen molar-refractivity contribution in [3.63, 3.8) is 0 Å². The second kappa shape index (κ2) is 6.55. The first-order chi connectivity index (χ1) is 9.88. The molecule has 2 rings (SSSR count). The quantitative estimate of drug-likeness (QED) is 0.815. The number of aliphatic carboxylic acids is 1. The minimum absolute atomic E-state index is 0.124. The van der Waals surface area contributed by atoms with Gasteiger partial charge in [0.05, 0.1) is 0 Å². The zero-order valence-corrected chi connectivity index (χ0v) is 12.7. The van der Waals surface area contributed by atoms with Gasteiger partial charge in [0.25, 0.3) is 10.2 Å². The van der Waals surface area contributed by atoms with Crippen LogP contribution in [0, 0.1) is 5.92 Å². The van der Waals surface area contributed by atoms with Gasteiger partial charge in [-0.2, -0.15) is 17.4 Å². The van der Waals surface area contributed by atoms with E-state index in [4.69, 9.17) is 0 Å². The summed E-state index contributed by atoms with van der Waals surface area (Å²) in [7, 11) is -3.75. The summed E-state index contributed by atoms with van der Waals surface area (Å²) in [5.41, 5.74) is 0.780. The summed E-state index contributed by atoms with van der Waals surface area (Å²) in [6.07, 6.45) is 0.927. The summed E-state index contributed by atoms with van der Waals surface area (Å²) < 4.78 is 28.1. The maximum atomic E-state index is 12.2. The molecule has 0 amide bonds. The van der Waals surface area contributed by atoms with Crippen molar-refractivity contribution >= 4 is 16.2 Å². The molecule has 0 aliphatic carbocycles. The molecule has 0 bridgehead atoms. The molecular formula is C14H20N2O4S. The lowest BCUT2D eigenvalue weighted by atomic mass is 10.1. The molecule has 2 N–H and O–H groups in total. The molecule has 1 aliphatic heterocycles. The molecule has 1 aromatic rings. The Morgan fingerprint density at radius 1 is 1.43 bits per heavy atom. The highest BCUT2D eigenvalue weighted by Gasteiger charge is 2.32. The van der Waals surface area contributed by atoms with Gasteiger partial charge >= 0.3 is 5.97 Å². The van der Waals surface area contributed by atoms with E-state index in [1.807, 2.05) is 13.0 Å². The van der Waals surface area contributed by atoms with E-state index in [-0.39, 0.29) is 6.42 Å². The third kappa shape index (κ3) is 4.26. The van der Waals surface area contributed by atoms with Gasteiger partial charge in [0, 0.05) is 13.1 Å². The van der Waals surface area contributed by atoms with Crippen molar-refractivity contribution in [1.29, 1.82) is 0 Å². The van der Waals surface area contributed by atoms with Crippen LogP contribution in [0.2, 0.25) is 0 Å². The molecule has 6 nitrogen and oxygen atoms in total. The molecule has 116 valence electrons. The Morgan fingerprint density at radius 2 is 2.10 bits per heavy atom. The van der Waals surface area contributed by atoms with Crippen molar-refractivity contribution < 1.29 is 18.3 Å². The summed E-state index contributed by atoms with van der Waals surface area (Å²) in [6, 6.07) is 7.82. The Balaban J connectivity index is 2.07. The normalized spacial score (nSPS) is 21.3. The third-order valence-electron chi connectivity index (χ3n) is 3.60. The van der Waals surface area contributed by atoms with Gasteiger partial charge in [0.15, 0.2) is 0 Å². The molecule has 21 heavy (non-hydrogen) atoms. The number of rotatable bonds is 6. The molecule has 1 saturated heterocycles. The Labute approximate surface area is 125 Å². The fourth-order valence-electron chi connectivity index (χ4n) is 2.40. The average Bonchev–Trinajstić information content (AvgIpc) is 2.86. The van der Waals surface area contributed by atoms with E-state index in [1.54, 1.807) is 24.3 Å². The van der Waals surface area contributed by atoms with Crippen LogP contribution >= 0.6 is 0 Å². The number of nitrogens with one attached hydrogen (secondary N) is 1.